The number of halogens is 3. The molecule has 1 aliphatic rings. The van der Waals surface area contributed by atoms with E-state index in [4.69, 9.17) is 4.74 Å². The largest absolute Gasteiger partial charge is 0.460 e. The van der Waals surface area contributed by atoms with Gasteiger partial charge in [-0.15, -0.1) is 0 Å². The van der Waals surface area contributed by atoms with E-state index in [0.29, 0.717) is 24.3 Å². The third-order valence-electron chi connectivity index (χ3n) is 5.01. The summed E-state index contributed by atoms with van der Waals surface area (Å²) in [5.41, 5.74) is -0.583. The van der Waals surface area contributed by atoms with Gasteiger partial charge in [-0.2, -0.15) is 13.2 Å². The van der Waals surface area contributed by atoms with Crippen LogP contribution >= 0.6 is 0 Å². The fraction of sp³-hybridized carbons (Fsp3) is 0.545. The summed E-state index contributed by atoms with van der Waals surface area (Å²) in [7, 11) is 0. The Morgan fingerprint density at radius 1 is 1.21 bits per heavy atom. The monoisotopic (exact) mass is 408 g/mol. The predicted molar refractivity (Wildman–Crippen MR) is 107 cm³/mol. The highest BCUT2D eigenvalue weighted by Crippen LogP contribution is 2.39. The van der Waals surface area contributed by atoms with Gasteiger partial charge in [0, 0.05) is 30.4 Å². The van der Waals surface area contributed by atoms with Gasteiger partial charge in [-0.1, -0.05) is 6.92 Å². The van der Waals surface area contributed by atoms with Crippen molar-refractivity contribution in [2.24, 2.45) is 11.8 Å². The number of carbonyl (C=O) groups is 1. The van der Waals surface area contributed by atoms with E-state index >= 15 is 0 Å². The van der Waals surface area contributed by atoms with Crippen molar-refractivity contribution >= 4 is 22.6 Å². The highest BCUT2D eigenvalue weighted by atomic mass is 19.4. The lowest BCUT2D eigenvalue weighted by molar-refractivity contribution is -0.156. The third kappa shape index (κ3) is 5.19. The molecular weight excluding hydrogens is 381 g/mol. The number of hydrogen-bond acceptors (Lipinski definition) is 4. The summed E-state index contributed by atoms with van der Waals surface area (Å²) in [6, 6.07) is 5.95. The SMILES string of the molecule is C[C@H]1C[C@@H](CC(=O)OC(C)(C)C)CN(c2ccc(C(F)(F)F)c3ncccc23)C1. The minimum atomic E-state index is -4.46. The van der Waals surface area contributed by atoms with Crippen LogP contribution in [-0.4, -0.2) is 29.6 Å². The van der Waals surface area contributed by atoms with Crippen molar-refractivity contribution in [1.82, 2.24) is 4.98 Å². The minimum Gasteiger partial charge on any atom is -0.460 e. The topological polar surface area (TPSA) is 42.4 Å². The molecule has 1 fully saturated rings. The van der Waals surface area contributed by atoms with Gasteiger partial charge in [-0.3, -0.25) is 9.78 Å². The Kier molecular flexibility index (Phi) is 5.79. The average molecular weight is 408 g/mol. The molecular formula is C22H27F3N2O2. The van der Waals surface area contributed by atoms with Gasteiger partial charge in [0.1, 0.15) is 5.60 Å². The second-order valence-electron chi connectivity index (χ2n) is 8.93. The van der Waals surface area contributed by atoms with Gasteiger partial charge in [-0.05, 0) is 63.3 Å². The van der Waals surface area contributed by atoms with Gasteiger partial charge >= 0.3 is 12.1 Å². The Balaban J connectivity index is 1.88. The zero-order chi connectivity index (χ0) is 21.4. The molecule has 0 radical (unpaired) electrons. The number of aromatic nitrogens is 1. The number of ether oxygens (including phenoxy) is 1. The van der Waals surface area contributed by atoms with Gasteiger partial charge < -0.3 is 9.64 Å². The number of nitrogens with zero attached hydrogens (tertiary/aromatic N) is 2. The molecule has 7 heteroatoms. The maximum atomic E-state index is 13.4. The summed E-state index contributed by atoms with van der Waals surface area (Å²) < 4.78 is 45.6. The van der Waals surface area contributed by atoms with Gasteiger partial charge in [-0.25, -0.2) is 0 Å². The number of carbonyl (C=O) groups excluding carboxylic acids is 1. The molecule has 0 unspecified atom stereocenters. The van der Waals surface area contributed by atoms with Gasteiger partial charge in [0.15, 0.2) is 0 Å². The molecule has 0 bridgehead atoms. The van der Waals surface area contributed by atoms with Crippen LogP contribution in [0.15, 0.2) is 30.5 Å². The molecule has 3 rings (SSSR count). The molecule has 0 amide bonds. The first-order valence-electron chi connectivity index (χ1n) is 9.86. The van der Waals surface area contributed by atoms with E-state index < -0.39 is 17.3 Å². The summed E-state index contributed by atoms with van der Waals surface area (Å²) >= 11 is 0. The minimum absolute atomic E-state index is 0.0422. The van der Waals surface area contributed by atoms with Crippen molar-refractivity contribution in [2.75, 3.05) is 18.0 Å². The molecule has 0 saturated carbocycles. The summed E-state index contributed by atoms with van der Waals surface area (Å²) in [5, 5.41) is 0.479. The standard InChI is InChI=1S/C22H27F3N2O2/c1-14-10-15(11-19(28)29-21(2,3)4)13-27(12-14)18-8-7-17(22(23,24)25)20-16(18)6-5-9-26-20/h5-9,14-15H,10-13H2,1-4H3/t14-,15-/m0/s1. The summed E-state index contributed by atoms with van der Waals surface area (Å²) in [5.74, 6) is 0.156. The quantitative estimate of drug-likeness (QED) is 0.634. The Bertz CT molecular complexity index is 890. The van der Waals surface area contributed by atoms with Crippen LogP contribution in [0, 0.1) is 11.8 Å². The maximum Gasteiger partial charge on any atom is 0.418 e. The number of alkyl halides is 3. The maximum absolute atomic E-state index is 13.4. The first-order chi connectivity index (χ1) is 13.4. The normalized spacial score (nSPS) is 20.7. The fourth-order valence-corrected chi connectivity index (χ4v) is 4.11. The van der Waals surface area contributed by atoms with Crippen LogP contribution in [0.2, 0.25) is 0 Å². The van der Waals surface area contributed by atoms with E-state index in [-0.39, 0.29) is 17.4 Å². The first-order valence-corrected chi connectivity index (χ1v) is 9.86. The average Bonchev–Trinajstić information content (AvgIpc) is 2.57. The van der Waals surface area contributed by atoms with Crippen molar-refractivity contribution in [3.8, 4) is 0 Å². The summed E-state index contributed by atoms with van der Waals surface area (Å²) in [6.07, 6.45) is -1.90. The van der Waals surface area contributed by atoms with Crippen LogP contribution < -0.4 is 4.90 Å². The van der Waals surface area contributed by atoms with Crippen molar-refractivity contribution in [2.45, 2.75) is 52.3 Å². The van der Waals surface area contributed by atoms with Crippen molar-refractivity contribution in [3.05, 3.63) is 36.0 Å². The number of piperidine rings is 1. The smallest absolute Gasteiger partial charge is 0.418 e. The van der Waals surface area contributed by atoms with E-state index in [1.165, 1.54) is 12.3 Å². The van der Waals surface area contributed by atoms with Crippen molar-refractivity contribution in [1.29, 1.82) is 0 Å². The molecule has 1 aromatic carbocycles. The van der Waals surface area contributed by atoms with Gasteiger partial charge in [0.2, 0.25) is 0 Å². The molecule has 1 saturated heterocycles. The predicted octanol–water partition coefficient (Wildman–Crippen LogP) is 5.45. The third-order valence-corrected chi connectivity index (χ3v) is 5.01. The van der Waals surface area contributed by atoms with Crippen LogP contribution in [0.1, 0.15) is 46.1 Å². The molecule has 1 aliphatic heterocycles. The van der Waals surface area contributed by atoms with Crippen LogP contribution in [0.4, 0.5) is 18.9 Å². The molecule has 158 valence electrons. The Labute approximate surface area is 169 Å². The summed E-state index contributed by atoms with van der Waals surface area (Å²) in [4.78, 5) is 18.4. The van der Waals surface area contributed by atoms with Crippen LogP contribution in [-0.2, 0) is 15.7 Å². The molecule has 2 aromatic rings. The number of benzene rings is 1. The Hall–Kier alpha value is -2.31. The molecule has 0 spiro atoms. The Morgan fingerprint density at radius 3 is 2.59 bits per heavy atom. The number of hydrogen-bond donors (Lipinski definition) is 0. The van der Waals surface area contributed by atoms with E-state index in [1.54, 1.807) is 12.1 Å². The fourth-order valence-electron chi connectivity index (χ4n) is 4.11. The zero-order valence-electron chi connectivity index (χ0n) is 17.2. The van der Waals surface area contributed by atoms with Crippen LogP contribution in [0.25, 0.3) is 10.9 Å². The molecule has 2 heterocycles. The van der Waals surface area contributed by atoms with E-state index in [9.17, 15) is 18.0 Å². The molecule has 0 N–H and O–H groups in total. The highest BCUT2D eigenvalue weighted by molar-refractivity contribution is 5.94. The molecule has 0 aliphatic carbocycles. The van der Waals surface area contributed by atoms with E-state index in [0.717, 1.165) is 24.7 Å². The lowest BCUT2D eigenvalue weighted by Crippen LogP contribution is -2.41. The van der Waals surface area contributed by atoms with E-state index in [1.807, 2.05) is 20.8 Å². The number of fused-ring (bicyclic) bond motifs is 1. The second kappa shape index (κ2) is 7.84. The molecule has 1 aromatic heterocycles. The zero-order valence-corrected chi connectivity index (χ0v) is 17.2. The number of pyridine rings is 1. The van der Waals surface area contributed by atoms with Crippen molar-refractivity contribution < 1.29 is 22.7 Å². The molecule has 29 heavy (non-hydrogen) atoms. The van der Waals surface area contributed by atoms with Crippen LogP contribution in [0.3, 0.4) is 0 Å². The summed E-state index contributed by atoms with van der Waals surface area (Å²) in [6.45, 7) is 8.92. The molecule has 4 nitrogen and oxygen atoms in total. The Morgan fingerprint density at radius 2 is 1.93 bits per heavy atom. The second-order valence-corrected chi connectivity index (χ2v) is 8.93. The highest BCUT2D eigenvalue weighted by Gasteiger charge is 2.35. The molecule has 2 atom stereocenters. The number of esters is 1. The van der Waals surface area contributed by atoms with Crippen LogP contribution in [0.5, 0.6) is 0 Å². The first kappa shape index (κ1) is 21.4. The van der Waals surface area contributed by atoms with Crippen molar-refractivity contribution in [3.63, 3.8) is 0 Å². The van der Waals surface area contributed by atoms with Gasteiger partial charge in [0.25, 0.3) is 0 Å². The number of anilines is 1. The lowest BCUT2D eigenvalue weighted by atomic mass is 9.87. The lowest BCUT2D eigenvalue weighted by Gasteiger charge is -2.38. The number of rotatable bonds is 3. The van der Waals surface area contributed by atoms with E-state index in [2.05, 4.69) is 16.8 Å². The van der Waals surface area contributed by atoms with Gasteiger partial charge in [0.05, 0.1) is 17.5 Å².